The van der Waals surface area contributed by atoms with Gasteiger partial charge in [0.1, 0.15) is 11.5 Å². The Morgan fingerprint density at radius 1 is 0.303 bits per heavy atom. The molecular weight excluding hydrogens is 1860 g/mol. The quantitative estimate of drug-likeness (QED) is 0.0243. The van der Waals surface area contributed by atoms with Gasteiger partial charge in [0, 0.05) is 162 Å². The SMILES string of the molecule is CCn1c2ccc(C(=O)c3ccc(C(=O)OC)cc3)cc2c2c3c(ccc21)C(=O)/C(=N/OC(C)=O)O3.CCn1c2ccc(C(=O)c3ccc(C(=O)Oc4ccccc4)cc3)cc2c2c3c(ccc21)C(=O)/C(=N/OC(C)=O)O3.CCn1c2ccc(C(=O)c3ccc(N(C)C)cc3)cc2c2c3c(ccc21)C(=O)/C(=N/OC(C)=O)O3.CCn1c2ccc(C(=O)c3ccc(O)cc3)cc2c2c3c(ccc21)C(=O)/C(=N/OC(C)=O)O3. The van der Waals surface area contributed by atoms with Crippen LogP contribution in [0.4, 0.5) is 5.69 Å². The van der Waals surface area contributed by atoms with E-state index in [1.165, 1.54) is 59.1 Å². The minimum Gasteiger partial charge on any atom is -0.508 e. The highest BCUT2D eigenvalue weighted by atomic mass is 16.7. The molecule has 4 aromatic heterocycles. The summed E-state index contributed by atoms with van der Waals surface area (Å²) < 4.78 is 41.4. The molecule has 1 N–H and O–H groups in total. The number of ether oxygens (including phenoxy) is 6. The van der Waals surface area contributed by atoms with Crippen molar-refractivity contribution in [1.29, 1.82) is 0 Å². The summed E-state index contributed by atoms with van der Waals surface area (Å²) in [6.45, 7) is 15.3. The first-order chi connectivity index (χ1) is 69.9. The number of oxime groups is 4. The summed E-state index contributed by atoms with van der Waals surface area (Å²) in [6, 6.07) is 70.4. The first kappa shape index (κ1) is 96.0. The van der Waals surface area contributed by atoms with Crippen LogP contribution < -0.4 is 28.6 Å². The second-order valence-electron chi connectivity index (χ2n) is 33.5. The first-order valence-electron chi connectivity index (χ1n) is 45.5. The summed E-state index contributed by atoms with van der Waals surface area (Å²) in [5, 5.41) is 29.4. The molecule has 0 bridgehead atoms. The fourth-order valence-electron chi connectivity index (χ4n) is 17.9. The van der Waals surface area contributed by atoms with Crippen molar-refractivity contribution in [1.82, 2.24) is 18.3 Å². The Morgan fingerprint density at radius 3 is 0.800 bits per heavy atom. The average Bonchev–Trinajstić information content (AvgIpc) is 1.58. The zero-order valence-corrected chi connectivity index (χ0v) is 79.3. The number of nitrogens with zero attached hydrogens (tertiary/aromatic N) is 9. The maximum Gasteiger partial charge on any atom is 0.343 e. The number of aromatic hydroxyl groups is 1. The van der Waals surface area contributed by atoms with Crippen molar-refractivity contribution in [3.63, 3.8) is 0 Å². The van der Waals surface area contributed by atoms with E-state index in [9.17, 15) is 72.2 Å². The molecular formula is C111H83N9O25. The zero-order valence-electron chi connectivity index (χ0n) is 79.3. The Morgan fingerprint density at radius 2 is 0.545 bits per heavy atom. The molecule has 722 valence electrons. The molecule has 145 heavy (non-hydrogen) atoms. The summed E-state index contributed by atoms with van der Waals surface area (Å²) in [5.74, 6) is -5.92. The van der Waals surface area contributed by atoms with Gasteiger partial charge < -0.3 is 76.0 Å². The van der Waals surface area contributed by atoms with Gasteiger partial charge in [0.25, 0.3) is 23.1 Å². The summed E-state index contributed by atoms with van der Waals surface area (Å²) in [7, 11) is 5.19. The summed E-state index contributed by atoms with van der Waals surface area (Å²) in [4.78, 5) is 193. The van der Waals surface area contributed by atoms with E-state index < -0.39 is 58.9 Å². The van der Waals surface area contributed by atoms with Crippen LogP contribution in [-0.2, 0) is 69.4 Å². The highest BCUT2D eigenvalue weighted by molar-refractivity contribution is 6.50. The molecule has 0 amide bonds. The van der Waals surface area contributed by atoms with Crippen molar-refractivity contribution in [3.8, 4) is 34.5 Å². The highest BCUT2D eigenvalue weighted by Gasteiger charge is 2.39. The summed E-state index contributed by atoms with van der Waals surface area (Å²) in [5.41, 5.74) is 13.4. The van der Waals surface area contributed by atoms with Crippen LogP contribution in [0.5, 0.6) is 34.5 Å². The number of anilines is 1. The zero-order chi connectivity index (χ0) is 102. The second-order valence-corrected chi connectivity index (χ2v) is 33.5. The number of hydrogen-bond acceptors (Lipinski definition) is 30. The van der Waals surface area contributed by atoms with Crippen LogP contribution in [0.1, 0.15) is 181 Å². The normalized spacial score (nSPS) is 13.7. The van der Waals surface area contributed by atoms with Crippen LogP contribution in [0.3, 0.4) is 0 Å². The molecule has 34 heteroatoms. The molecule has 4 aliphatic heterocycles. The van der Waals surface area contributed by atoms with Gasteiger partial charge >= 0.3 is 59.4 Å². The predicted molar refractivity (Wildman–Crippen MR) is 535 cm³/mol. The van der Waals surface area contributed by atoms with Crippen LogP contribution in [0.15, 0.2) is 269 Å². The number of esters is 2. The number of methoxy groups -OCH3 is 1. The van der Waals surface area contributed by atoms with E-state index in [1.54, 1.807) is 133 Å². The van der Waals surface area contributed by atoms with Crippen molar-refractivity contribution in [2.24, 2.45) is 20.6 Å². The van der Waals surface area contributed by atoms with E-state index in [1.807, 2.05) is 138 Å². The highest BCUT2D eigenvalue weighted by Crippen LogP contribution is 2.48. The third kappa shape index (κ3) is 18.0. The van der Waals surface area contributed by atoms with Gasteiger partial charge in [0.05, 0.1) is 84.1 Å². The van der Waals surface area contributed by atoms with Gasteiger partial charge in [-0.15, -0.1) is 0 Å². The van der Waals surface area contributed by atoms with Gasteiger partial charge in [-0.05, 0) is 255 Å². The van der Waals surface area contributed by atoms with Gasteiger partial charge in [-0.25, -0.2) is 28.8 Å². The lowest BCUT2D eigenvalue weighted by Gasteiger charge is -2.12. The molecule has 13 aromatic carbocycles. The van der Waals surface area contributed by atoms with Crippen LogP contribution >= 0.6 is 0 Å². The van der Waals surface area contributed by atoms with E-state index in [4.69, 9.17) is 28.4 Å². The number of fused-ring (bicyclic) bond motifs is 20. The lowest BCUT2D eigenvalue weighted by Crippen LogP contribution is -2.13. The molecule has 0 saturated carbocycles. The van der Waals surface area contributed by atoms with Gasteiger partial charge in [-0.2, -0.15) is 0 Å². The second kappa shape index (κ2) is 39.5. The number of hydrogen-bond donors (Lipinski definition) is 1. The van der Waals surface area contributed by atoms with Crippen LogP contribution in [0.25, 0.3) is 87.2 Å². The monoisotopic (exact) mass is 1940 g/mol. The third-order valence-corrected chi connectivity index (χ3v) is 24.5. The smallest absolute Gasteiger partial charge is 0.343 e. The van der Waals surface area contributed by atoms with Crippen molar-refractivity contribution in [2.45, 2.75) is 81.6 Å². The van der Waals surface area contributed by atoms with Crippen molar-refractivity contribution >= 4 is 199 Å². The molecule has 0 unspecified atom stereocenters. The molecule has 0 spiro atoms. The maximum atomic E-state index is 13.5. The molecule has 0 aliphatic carbocycles. The van der Waals surface area contributed by atoms with Crippen LogP contribution in [0.2, 0.25) is 0 Å². The van der Waals surface area contributed by atoms with E-state index in [2.05, 4.69) is 58.2 Å². The molecule has 0 fully saturated rings. The Balaban J connectivity index is 0.000000127. The lowest BCUT2D eigenvalue weighted by atomic mass is 9.99. The molecule has 8 heterocycles. The van der Waals surface area contributed by atoms with E-state index in [-0.39, 0.29) is 58.0 Å². The fraction of sp³-hybridized carbons (Fsp3) is 0.135. The third-order valence-electron chi connectivity index (χ3n) is 24.5. The minimum atomic E-state index is -0.679. The van der Waals surface area contributed by atoms with Crippen LogP contribution in [0, 0.1) is 0 Å². The molecule has 0 radical (unpaired) electrons. The number of Topliss-reactive ketones (excluding diaryl/α,β-unsaturated/α-hetero) is 4. The first-order valence-corrected chi connectivity index (χ1v) is 45.5. The Bertz CT molecular complexity index is 8610. The number of carbonyl (C=O) groups excluding carboxylic acids is 14. The molecule has 4 aliphatic rings. The number of aryl methyl sites for hydroxylation is 4. The number of carbonyl (C=O) groups is 14. The number of ketones is 8. The number of para-hydroxylation sites is 1. The summed E-state index contributed by atoms with van der Waals surface area (Å²) in [6.07, 6.45) is 0. The van der Waals surface area contributed by atoms with Crippen molar-refractivity contribution in [3.05, 3.63) is 327 Å². The Labute approximate surface area is 821 Å². The number of aromatic nitrogens is 4. The Hall–Kier alpha value is -19.3. The number of phenols is 1. The molecule has 0 atom stereocenters. The standard InChI is InChI=1S/C32H22N2O7.C27H23N3O5.C27H20N2O7.C25H18N2O6/c1-3-34-25-15-13-21(28(36)19-9-11-20(12-10-19)32(38)39-22-7-5-4-6-8-22)17-24(25)27-26(34)16-14-23-29(37)31(40-30(23)27)33-41-18(2)35;1-5-30-21-12-8-17(24(32)16-6-9-18(10-7-16)29(3)4)14-20(21)23-22(30)13-11-19-25(33)27(34-26(19)23)28-35-15(2)31;1-4-29-20-11-9-17(23(31)15-5-7-16(8-6-15)27(33)34-3)13-19(20)22-21(29)12-10-18-24(32)26(35-25(18)22)28-36-14(2)30;1-3-27-19-10-6-15(22(30)14-4-7-16(29)8-5-14)12-18(19)21-20(27)11-9-17-23(31)25(32-24(17)21)26-33-13(2)28/h4-17H,3H2,1-2H3;6-14H,5H2,1-4H3;5-13H,4H2,1-3H3;4-12,29H,3H2,1-2H3/b33-31-;28-27-;28-26-;26-25-. The van der Waals surface area contributed by atoms with E-state index >= 15 is 0 Å². The van der Waals surface area contributed by atoms with E-state index in [0.717, 1.165) is 66.0 Å². The molecule has 17 aromatic rings. The average molecular weight is 1940 g/mol. The van der Waals surface area contributed by atoms with E-state index in [0.29, 0.717) is 154 Å². The molecule has 0 saturated heterocycles. The van der Waals surface area contributed by atoms with Gasteiger partial charge in [0.2, 0.25) is 0 Å². The number of benzene rings is 13. The topological polar surface area (TPSA) is 424 Å². The fourth-order valence-corrected chi connectivity index (χ4v) is 17.9. The number of phenolic OH excluding ortho intramolecular Hbond substituents is 1. The van der Waals surface area contributed by atoms with Gasteiger partial charge in [-0.3, -0.25) is 38.4 Å². The Kier molecular flexibility index (Phi) is 26.2. The number of rotatable bonds is 20. The lowest BCUT2D eigenvalue weighted by molar-refractivity contribution is -0.142. The summed E-state index contributed by atoms with van der Waals surface area (Å²) >= 11 is 0. The van der Waals surface area contributed by atoms with Crippen molar-refractivity contribution < 1.29 is 120 Å². The minimum absolute atomic E-state index is 0.0802. The van der Waals surface area contributed by atoms with Gasteiger partial charge in [0.15, 0.2) is 46.1 Å². The predicted octanol–water partition coefficient (Wildman–Crippen LogP) is 18.8. The maximum absolute atomic E-state index is 13.5. The van der Waals surface area contributed by atoms with Crippen molar-refractivity contribution in [2.75, 3.05) is 26.1 Å². The van der Waals surface area contributed by atoms with Gasteiger partial charge in [-0.1, -0.05) is 42.5 Å². The molecule has 21 rings (SSSR count). The molecule has 34 nitrogen and oxygen atoms in total. The van der Waals surface area contributed by atoms with Crippen LogP contribution in [-0.4, -0.2) is 150 Å². The largest absolute Gasteiger partial charge is 0.508 e.